The molecule has 0 aromatic heterocycles. The molecule has 1 fully saturated rings. The Labute approximate surface area is 181 Å². The van der Waals surface area contributed by atoms with Crippen LogP contribution in [0.2, 0.25) is 5.02 Å². The van der Waals surface area contributed by atoms with Gasteiger partial charge >= 0.3 is 6.18 Å². The number of alkyl halides is 3. The summed E-state index contributed by atoms with van der Waals surface area (Å²) < 4.78 is 45.0. The van der Waals surface area contributed by atoms with E-state index in [9.17, 15) is 22.8 Å². The van der Waals surface area contributed by atoms with E-state index in [-0.39, 0.29) is 34.3 Å². The van der Waals surface area contributed by atoms with Gasteiger partial charge in [-0.1, -0.05) is 23.4 Å². The largest absolute Gasteiger partial charge is 0.501 e. The molecule has 0 amide bonds. The normalized spacial score (nSPS) is 14.5. The summed E-state index contributed by atoms with van der Waals surface area (Å²) >= 11 is 6.87. The highest BCUT2D eigenvalue weighted by Crippen LogP contribution is 2.39. The van der Waals surface area contributed by atoms with E-state index in [1.165, 1.54) is 0 Å². The topological polar surface area (TPSA) is 43.4 Å². The summed E-state index contributed by atoms with van der Waals surface area (Å²) in [4.78, 5) is 26.5. The molecule has 158 valence electrons. The predicted octanol–water partition coefficient (Wildman–Crippen LogP) is 6.59. The molecule has 0 N–H and O–H groups in total. The SMILES string of the molecule is CCOC=C(C(=O)c1ccc(C(F)(F)F)cc1Sc1ccc(Cl)cc1)C(=O)C1CC1. The van der Waals surface area contributed by atoms with Crippen LogP contribution >= 0.6 is 23.4 Å². The zero-order chi connectivity index (χ0) is 21.9. The van der Waals surface area contributed by atoms with Gasteiger partial charge in [-0.05, 0) is 62.2 Å². The van der Waals surface area contributed by atoms with Crippen LogP contribution < -0.4 is 0 Å². The molecule has 0 spiro atoms. The average molecular weight is 455 g/mol. The number of hydrogen-bond donors (Lipinski definition) is 0. The zero-order valence-corrected chi connectivity index (χ0v) is 17.5. The van der Waals surface area contributed by atoms with Crippen LogP contribution in [0.15, 0.2) is 64.1 Å². The van der Waals surface area contributed by atoms with Crippen molar-refractivity contribution in [3.63, 3.8) is 0 Å². The minimum Gasteiger partial charge on any atom is -0.501 e. The molecular formula is C22H18ClF3O3S. The van der Waals surface area contributed by atoms with Gasteiger partial charge in [0.2, 0.25) is 5.78 Å². The highest BCUT2D eigenvalue weighted by Gasteiger charge is 2.36. The van der Waals surface area contributed by atoms with Gasteiger partial charge in [-0.25, -0.2) is 0 Å². The van der Waals surface area contributed by atoms with Crippen LogP contribution in [-0.2, 0) is 15.7 Å². The maximum atomic E-state index is 13.3. The highest BCUT2D eigenvalue weighted by atomic mass is 35.5. The fourth-order valence-corrected chi connectivity index (χ4v) is 3.81. The lowest BCUT2D eigenvalue weighted by molar-refractivity contribution is -0.137. The van der Waals surface area contributed by atoms with Crippen LogP contribution in [0.25, 0.3) is 0 Å². The summed E-state index contributed by atoms with van der Waals surface area (Å²) in [5.74, 6) is -1.22. The van der Waals surface area contributed by atoms with E-state index in [1.54, 1.807) is 31.2 Å². The van der Waals surface area contributed by atoms with Crippen LogP contribution in [-0.4, -0.2) is 18.2 Å². The fraction of sp³-hybridized carbons (Fsp3) is 0.273. The second kappa shape index (κ2) is 9.27. The number of halogens is 4. The molecule has 0 atom stereocenters. The number of Topliss-reactive ketones (excluding diaryl/α,β-unsaturated/α-hetero) is 2. The van der Waals surface area contributed by atoms with Gasteiger partial charge in [-0.2, -0.15) is 13.2 Å². The predicted molar refractivity (Wildman–Crippen MR) is 109 cm³/mol. The molecule has 8 heteroatoms. The van der Waals surface area contributed by atoms with Crippen molar-refractivity contribution < 1.29 is 27.5 Å². The average Bonchev–Trinajstić information content (AvgIpc) is 3.54. The van der Waals surface area contributed by atoms with Crippen LogP contribution in [0, 0.1) is 5.92 Å². The van der Waals surface area contributed by atoms with Gasteiger partial charge in [0, 0.05) is 26.3 Å². The van der Waals surface area contributed by atoms with Crippen molar-refractivity contribution in [3.8, 4) is 0 Å². The van der Waals surface area contributed by atoms with Crippen molar-refractivity contribution in [2.45, 2.75) is 35.7 Å². The van der Waals surface area contributed by atoms with Crippen molar-refractivity contribution in [1.29, 1.82) is 0 Å². The summed E-state index contributed by atoms with van der Waals surface area (Å²) in [7, 11) is 0. The summed E-state index contributed by atoms with van der Waals surface area (Å²) in [6, 6.07) is 9.39. The van der Waals surface area contributed by atoms with Crippen molar-refractivity contribution in [2.75, 3.05) is 6.61 Å². The van der Waals surface area contributed by atoms with Crippen molar-refractivity contribution in [2.24, 2.45) is 5.92 Å². The molecule has 0 aliphatic heterocycles. The molecular weight excluding hydrogens is 437 g/mol. The number of hydrogen-bond acceptors (Lipinski definition) is 4. The number of ketones is 2. The molecule has 1 aliphatic carbocycles. The first-order valence-electron chi connectivity index (χ1n) is 9.26. The molecule has 3 nitrogen and oxygen atoms in total. The number of benzene rings is 2. The van der Waals surface area contributed by atoms with Gasteiger partial charge in [-0.15, -0.1) is 0 Å². The maximum Gasteiger partial charge on any atom is 0.416 e. The van der Waals surface area contributed by atoms with Crippen LogP contribution in [0.1, 0.15) is 35.7 Å². The summed E-state index contributed by atoms with van der Waals surface area (Å²) in [6.07, 6.45) is -2.06. The molecule has 0 heterocycles. The Morgan fingerprint density at radius 1 is 1.17 bits per heavy atom. The Morgan fingerprint density at radius 3 is 2.40 bits per heavy atom. The van der Waals surface area contributed by atoms with Crippen LogP contribution in [0.4, 0.5) is 13.2 Å². The third-order valence-corrected chi connectivity index (χ3v) is 5.74. The first-order chi connectivity index (χ1) is 14.2. The molecule has 2 aromatic rings. The van der Waals surface area contributed by atoms with Crippen LogP contribution in [0.3, 0.4) is 0 Å². The summed E-state index contributed by atoms with van der Waals surface area (Å²) in [5, 5.41) is 0.483. The van der Waals surface area contributed by atoms with E-state index in [4.69, 9.17) is 16.3 Å². The van der Waals surface area contributed by atoms with Gasteiger partial charge < -0.3 is 4.74 Å². The number of carbonyl (C=O) groups is 2. The molecule has 30 heavy (non-hydrogen) atoms. The van der Waals surface area contributed by atoms with Gasteiger partial charge in [0.25, 0.3) is 0 Å². The molecule has 1 aliphatic rings. The molecule has 0 saturated heterocycles. The Hall–Kier alpha value is -2.25. The lowest BCUT2D eigenvalue weighted by Crippen LogP contribution is -2.17. The quantitative estimate of drug-likeness (QED) is 0.148. The second-order valence-corrected chi connectivity index (χ2v) is 8.27. The Balaban J connectivity index is 2.03. The molecule has 0 unspecified atom stereocenters. The van der Waals surface area contributed by atoms with E-state index in [1.807, 2.05) is 0 Å². The van der Waals surface area contributed by atoms with Gasteiger partial charge in [0.15, 0.2) is 5.78 Å². The molecule has 0 radical (unpaired) electrons. The number of rotatable bonds is 8. The molecule has 2 aromatic carbocycles. The van der Waals surface area contributed by atoms with Crippen molar-refractivity contribution in [3.05, 3.63) is 70.4 Å². The Kier molecular flexibility index (Phi) is 6.93. The monoisotopic (exact) mass is 454 g/mol. The van der Waals surface area contributed by atoms with E-state index in [2.05, 4.69) is 0 Å². The minimum absolute atomic E-state index is 0.0166. The Morgan fingerprint density at radius 2 is 1.83 bits per heavy atom. The molecule has 0 bridgehead atoms. The summed E-state index contributed by atoms with van der Waals surface area (Å²) in [5.41, 5.74) is -1.00. The van der Waals surface area contributed by atoms with Gasteiger partial charge in [0.1, 0.15) is 5.57 Å². The van der Waals surface area contributed by atoms with E-state index in [0.717, 1.165) is 36.2 Å². The number of allylic oxidation sites excluding steroid dienone is 1. The lowest BCUT2D eigenvalue weighted by atomic mass is 9.97. The highest BCUT2D eigenvalue weighted by molar-refractivity contribution is 7.99. The van der Waals surface area contributed by atoms with Gasteiger partial charge in [-0.3, -0.25) is 9.59 Å². The second-order valence-electron chi connectivity index (χ2n) is 6.72. The van der Waals surface area contributed by atoms with E-state index < -0.39 is 17.5 Å². The lowest BCUT2D eigenvalue weighted by Gasteiger charge is -2.14. The van der Waals surface area contributed by atoms with E-state index in [0.29, 0.717) is 22.8 Å². The van der Waals surface area contributed by atoms with Crippen molar-refractivity contribution in [1.82, 2.24) is 0 Å². The molecule has 1 saturated carbocycles. The minimum atomic E-state index is -4.56. The first-order valence-corrected chi connectivity index (χ1v) is 10.5. The maximum absolute atomic E-state index is 13.3. The fourth-order valence-electron chi connectivity index (χ4n) is 2.70. The number of carbonyl (C=O) groups excluding carboxylic acids is 2. The van der Waals surface area contributed by atoms with Gasteiger partial charge in [0.05, 0.1) is 18.4 Å². The third-order valence-electron chi connectivity index (χ3n) is 4.42. The zero-order valence-electron chi connectivity index (χ0n) is 16.0. The summed E-state index contributed by atoms with van der Waals surface area (Å²) in [6.45, 7) is 1.97. The van der Waals surface area contributed by atoms with E-state index >= 15 is 0 Å². The first kappa shape index (κ1) is 22.4. The van der Waals surface area contributed by atoms with Crippen LogP contribution in [0.5, 0.6) is 0 Å². The molecule has 3 rings (SSSR count). The van der Waals surface area contributed by atoms with Crippen molar-refractivity contribution >= 4 is 34.9 Å². The third kappa shape index (κ3) is 5.46. The smallest absolute Gasteiger partial charge is 0.416 e. The standard InChI is InChI=1S/C22H18ClF3O3S/c1-2-29-12-18(20(27)13-3-4-13)21(28)17-10-5-14(22(24,25)26)11-19(17)30-16-8-6-15(23)7-9-16/h5-13H,2-4H2,1H3. The number of ether oxygens (including phenoxy) is 1. The Bertz CT molecular complexity index is 980.